The smallest absolute Gasteiger partial charge is 0.465 e. The highest BCUT2D eigenvalue weighted by atomic mass is 16.7. The fraction of sp³-hybridized carbons (Fsp3) is 0.733. The molecule has 0 aliphatic heterocycles. The molecule has 24 heavy (non-hydrogen) atoms. The highest BCUT2D eigenvalue weighted by molar-refractivity contribution is 5.77. The third-order valence-corrected chi connectivity index (χ3v) is 2.44. The number of ether oxygens (including phenoxy) is 5. The van der Waals surface area contributed by atoms with Crippen LogP contribution in [-0.4, -0.2) is 56.1 Å². The van der Waals surface area contributed by atoms with Crippen LogP contribution in [0.2, 0.25) is 0 Å². The largest absolute Gasteiger partial charge is 0.509 e. The Hall–Kier alpha value is -2.32. The molecule has 0 fully saturated rings. The van der Waals surface area contributed by atoms with Crippen LogP contribution in [0.3, 0.4) is 0 Å². The van der Waals surface area contributed by atoms with Gasteiger partial charge < -0.3 is 23.7 Å². The van der Waals surface area contributed by atoms with Crippen LogP contribution >= 0.6 is 0 Å². The Morgan fingerprint density at radius 1 is 0.750 bits per heavy atom. The molecule has 0 aromatic carbocycles. The molecule has 138 valence electrons. The standard InChI is InChI=1S/C15H24O9/c1-9(2)23-15(19)24-10(3)14(18)22-8-13(6-20-11(4)16)7-21-12(5)17/h9-10,13H,6-8H2,1-5H3. The molecule has 0 radical (unpaired) electrons. The fourth-order valence-corrected chi connectivity index (χ4v) is 1.34. The highest BCUT2D eigenvalue weighted by Gasteiger charge is 2.23. The van der Waals surface area contributed by atoms with Gasteiger partial charge in [0.05, 0.1) is 12.0 Å². The van der Waals surface area contributed by atoms with Crippen LogP contribution in [0.1, 0.15) is 34.6 Å². The number of rotatable bonds is 9. The van der Waals surface area contributed by atoms with Gasteiger partial charge in [-0.3, -0.25) is 9.59 Å². The van der Waals surface area contributed by atoms with Gasteiger partial charge in [0.1, 0.15) is 19.8 Å². The molecule has 0 aliphatic rings. The second kappa shape index (κ2) is 11.3. The van der Waals surface area contributed by atoms with E-state index in [0.717, 1.165) is 0 Å². The third kappa shape index (κ3) is 11.3. The highest BCUT2D eigenvalue weighted by Crippen LogP contribution is 2.05. The van der Waals surface area contributed by atoms with Crippen LogP contribution in [-0.2, 0) is 38.1 Å². The Bertz CT molecular complexity index is 426. The van der Waals surface area contributed by atoms with Gasteiger partial charge in [-0.15, -0.1) is 0 Å². The molecule has 1 atom stereocenters. The van der Waals surface area contributed by atoms with E-state index in [2.05, 4.69) is 0 Å². The summed E-state index contributed by atoms with van der Waals surface area (Å²) in [6.45, 7) is 6.72. The van der Waals surface area contributed by atoms with Crippen molar-refractivity contribution in [2.75, 3.05) is 19.8 Å². The average Bonchev–Trinajstić information content (AvgIpc) is 2.44. The average molecular weight is 348 g/mol. The van der Waals surface area contributed by atoms with Gasteiger partial charge in [-0.2, -0.15) is 0 Å². The van der Waals surface area contributed by atoms with Gasteiger partial charge in [-0.25, -0.2) is 9.59 Å². The predicted octanol–water partition coefficient (Wildman–Crippen LogP) is 1.22. The molecule has 0 aromatic rings. The molecule has 0 rings (SSSR count). The van der Waals surface area contributed by atoms with Gasteiger partial charge in [0.2, 0.25) is 0 Å². The summed E-state index contributed by atoms with van der Waals surface area (Å²) in [6.07, 6.45) is -2.53. The summed E-state index contributed by atoms with van der Waals surface area (Å²) in [5.41, 5.74) is 0. The Morgan fingerprint density at radius 3 is 1.62 bits per heavy atom. The summed E-state index contributed by atoms with van der Waals surface area (Å²) < 4.78 is 24.1. The van der Waals surface area contributed by atoms with E-state index in [0.29, 0.717) is 0 Å². The van der Waals surface area contributed by atoms with Crippen LogP contribution in [0.4, 0.5) is 4.79 Å². The molecule has 1 unspecified atom stereocenters. The monoisotopic (exact) mass is 348 g/mol. The SMILES string of the molecule is CC(=O)OCC(COC(C)=O)COC(=O)C(C)OC(=O)OC(C)C. The lowest BCUT2D eigenvalue weighted by molar-refractivity contribution is -0.159. The van der Waals surface area contributed by atoms with Crippen molar-refractivity contribution in [2.24, 2.45) is 5.92 Å². The zero-order valence-electron chi connectivity index (χ0n) is 14.5. The normalized spacial score (nSPS) is 11.6. The van der Waals surface area contributed by atoms with Crippen molar-refractivity contribution in [3.63, 3.8) is 0 Å². The van der Waals surface area contributed by atoms with Gasteiger partial charge in [-0.05, 0) is 20.8 Å². The van der Waals surface area contributed by atoms with E-state index in [-0.39, 0.29) is 25.9 Å². The van der Waals surface area contributed by atoms with Crippen molar-refractivity contribution < 1.29 is 42.9 Å². The first kappa shape index (κ1) is 21.7. The van der Waals surface area contributed by atoms with E-state index in [1.54, 1.807) is 13.8 Å². The van der Waals surface area contributed by atoms with Crippen molar-refractivity contribution in [3.8, 4) is 0 Å². The Morgan fingerprint density at radius 2 is 1.21 bits per heavy atom. The molecular weight excluding hydrogens is 324 g/mol. The zero-order chi connectivity index (χ0) is 18.7. The maximum Gasteiger partial charge on any atom is 0.509 e. The number of carbonyl (C=O) groups is 4. The van der Waals surface area contributed by atoms with Gasteiger partial charge >= 0.3 is 24.1 Å². The predicted molar refractivity (Wildman–Crippen MR) is 79.9 cm³/mol. The first-order chi connectivity index (χ1) is 11.1. The van der Waals surface area contributed by atoms with Gasteiger partial charge in [0.15, 0.2) is 6.10 Å². The number of hydrogen-bond acceptors (Lipinski definition) is 9. The lowest BCUT2D eigenvalue weighted by Gasteiger charge is -2.18. The summed E-state index contributed by atoms with van der Waals surface area (Å²) >= 11 is 0. The van der Waals surface area contributed by atoms with Gasteiger partial charge in [-0.1, -0.05) is 0 Å². The lowest BCUT2D eigenvalue weighted by atomic mass is 10.2. The minimum atomic E-state index is -1.17. The fourth-order valence-electron chi connectivity index (χ4n) is 1.34. The number of carbonyl (C=O) groups excluding carboxylic acids is 4. The molecule has 0 aromatic heterocycles. The van der Waals surface area contributed by atoms with E-state index in [1.807, 2.05) is 0 Å². The van der Waals surface area contributed by atoms with Crippen molar-refractivity contribution >= 4 is 24.1 Å². The molecule has 0 bridgehead atoms. The maximum atomic E-state index is 11.8. The molecule has 0 heterocycles. The van der Waals surface area contributed by atoms with Gasteiger partial charge in [0.25, 0.3) is 0 Å². The van der Waals surface area contributed by atoms with Crippen molar-refractivity contribution in [1.82, 2.24) is 0 Å². The first-order valence-corrected chi connectivity index (χ1v) is 7.42. The van der Waals surface area contributed by atoms with E-state index >= 15 is 0 Å². The van der Waals surface area contributed by atoms with Crippen LogP contribution < -0.4 is 0 Å². The maximum absolute atomic E-state index is 11.8. The van der Waals surface area contributed by atoms with E-state index in [4.69, 9.17) is 23.7 Å². The van der Waals surface area contributed by atoms with Crippen molar-refractivity contribution in [3.05, 3.63) is 0 Å². The Labute approximate surface area is 140 Å². The Balaban J connectivity index is 4.37. The Kier molecular flexibility index (Phi) is 10.2. The van der Waals surface area contributed by atoms with Crippen LogP contribution in [0.15, 0.2) is 0 Å². The molecule has 0 N–H and O–H groups in total. The minimum Gasteiger partial charge on any atom is -0.465 e. The molecule has 0 saturated carbocycles. The molecule has 9 nitrogen and oxygen atoms in total. The summed E-state index contributed by atoms with van der Waals surface area (Å²) in [6, 6.07) is 0. The summed E-state index contributed by atoms with van der Waals surface area (Å²) in [5, 5.41) is 0. The number of esters is 3. The topological polar surface area (TPSA) is 114 Å². The summed E-state index contributed by atoms with van der Waals surface area (Å²) in [7, 11) is 0. The van der Waals surface area contributed by atoms with E-state index in [1.165, 1.54) is 20.8 Å². The molecule has 0 amide bonds. The second-order valence-electron chi connectivity index (χ2n) is 5.28. The summed E-state index contributed by atoms with van der Waals surface area (Å²) in [4.78, 5) is 44.7. The minimum absolute atomic E-state index is 0.0828. The molecule has 0 aliphatic carbocycles. The van der Waals surface area contributed by atoms with Crippen LogP contribution in [0.5, 0.6) is 0 Å². The quantitative estimate of drug-likeness (QED) is 0.448. The molecular formula is C15H24O9. The first-order valence-electron chi connectivity index (χ1n) is 7.42. The lowest BCUT2D eigenvalue weighted by Crippen LogP contribution is -2.31. The number of hydrogen-bond donors (Lipinski definition) is 0. The molecule has 0 spiro atoms. The molecule has 9 heteroatoms. The van der Waals surface area contributed by atoms with Crippen LogP contribution in [0.25, 0.3) is 0 Å². The van der Waals surface area contributed by atoms with E-state index in [9.17, 15) is 19.2 Å². The third-order valence-electron chi connectivity index (χ3n) is 2.44. The van der Waals surface area contributed by atoms with Gasteiger partial charge in [0, 0.05) is 13.8 Å². The zero-order valence-corrected chi connectivity index (χ0v) is 14.5. The van der Waals surface area contributed by atoms with Crippen LogP contribution in [0, 0.1) is 5.92 Å². The van der Waals surface area contributed by atoms with Crippen molar-refractivity contribution in [2.45, 2.75) is 46.8 Å². The van der Waals surface area contributed by atoms with E-state index < -0.39 is 36.1 Å². The molecule has 0 saturated heterocycles. The second-order valence-corrected chi connectivity index (χ2v) is 5.28. The van der Waals surface area contributed by atoms with Crippen molar-refractivity contribution in [1.29, 1.82) is 0 Å². The summed E-state index contributed by atoms with van der Waals surface area (Å²) in [5.74, 6) is -2.35.